The molecule has 1 aliphatic rings. The number of amides is 1. The van der Waals surface area contributed by atoms with Crippen LogP contribution < -0.4 is 11.1 Å². The fourth-order valence-corrected chi connectivity index (χ4v) is 4.34. The number of carbonyl (C=O) groups excluding carboxylic acids is 1. The van der Waals surface area contributed by atoms with Crippen LogP contribution in [-0.4, -0.2) is 37.3 Å². The van der Waals surface area contributed by atoms with Gasteiger partial charge in [0, 0.05) is 12.6 Å². The molecule has 8 nitrogen and oxygen atoms in total. The van der Waals surface area contributed by atoms with E-state index in [0.717, 1.165) is 0 Å². The lowest BCUT2D eigenvalue weighted by molar-refractivity contribution is -0.384. The van der Waals surface area contributed by atoms with Crippen molar-refractivity contribution in [1.29, 1.82) is 0 Å². The molecule has 1 heterocycles. The number of hydrogen-bond donors (Lipinski definition) is 2. The van der Waals surface area contributed by atoms with Crippen LogP contribution in [0.4, 0.5) is 11.4 Å². The van der Waals surface area contributed by atoms with Gasteiger partial charge in [-0.1, -0.05) is 0 Å². The van der Waals surface area contributed by atoms with Gasteiger partial charge in [-0.25, -0.2) is 8.42 Å². The molecule has 2 rings (SSSR count). The number of nitrogen functional groups attached to an aromatic ring is 1. The molecule has 0 aromatic heterocycles. The molecule has 1 aromatic carbocycles. The van der Waals surface area contributed by atoms with Crippen LogP contribution in [-0.2, 0) is 9.84 Å². The molecule has 1 aliphatic heterocycles. The maximum Gasteiger partial charge on any atom is 0.293 e. The first-order chi connectivity index (χ1) is 10.2. The number of nitrogens with one attached hydrogen (secondary N) is 1. The van der Waals surface area contributed by atoms with Crippen molar-refractivity contribution in [3.8, 4) is 0 Å². The molecule has 0 spiro atoms. The van der Waals surface area contributed by atoms with Crippen LogP contribution in [0.3, 0.4) is 0 Å². The van der Waals surface area contributed by atoms with Crippen molar-refractivity contribution in [2.75, 3.05) is 23.8 Å². The predicted molar refractivity (Wildman–Crippen MR) is 81.3 cm³/mol. The van der Waals surface area contributed by atoms with Crippen molar-refractivity contribution in [1.82, 2.24) is 5.32 Å². The van der Waals surface area contributed by atoms with Crippen molar-refractivity contribution >= 4 is 27.1 Å². The van der Waals surface area contributed by atoms with Crippen LogP contribution in [0.5, 0.6) is 0 Å². The van der Waals surface area contributed by atoms with Gasteiger partial charge in [0.1, 0.15) is 5.69 Å². The summed E-state index contributed by atoms with van der Waals surface area (Å²) in [7, 11) is -3.01. The average molecular weight is 327 g/mol. The number of aryl methyl sites for hydroxylation is 1. The highest BCUT2D eigenvalue weighted by molar-refractivity contribution is 7.91. The standard InChI is InChI=1S/C13H17N3O5S/c1-8-4-10(12(14)11(5-8)16(18)19)13(17)15-6-9-2-3-22(20,21)7-9/h4-5,9H,2-3,6-7,14H2,1H3,(H,15,17)/t9-/m1/s1. The van der Waals surface area contributed by atoms with Gasteiger partial charge in [-0.2, -0.15) is 0 Å². The van der Waals surface area contributed by atoms with Crippen molar-refractivity contribution < 1.29 is 18.1 Å². The average Bonchev–Trinajstić information content (AvgIpc) is 2.77. The maximum absolute atomic E-state index is 12.1. The topological polar surface area (TPSA) is 132 Å². The molecule has 0 saturated carbocycles. The van der Waals surface area contributed by atoms with Gasteiger partial charge in [0.05, 0.1) is 22.0 Å². The summed E-state index contributed by atoms with van der Waals surface area (Å²) in [6, 6.07) is 2.78. The highest BCUT2D eigenvalue weighted by Gasteiger charge is 2.28. The molecule has 0 bridgehead atoms. The third-order valence-corrected chi connectivity index (χ3v) is 5.46. The Kier molecular flexibility index (Phi) is 4.36. The van der Waals surface area contributed by atoms with Gasteiger partial charge in [0.15, 0.2) is 9.84 Å². The first-order valence-electron chi connectivity index (χ1n) is 6.73. The van der Waals surface area contributed by atoms with Crippen LogP contribution in [0.15, 0.2) is 12.1 Å². The minimum absolute atomic E-state index is 0.0348. The largest absolute Gasteiger partial charge is 0.393 e. The zero-order chi connectivity index (χ0) is 16.5. The number of nitrogens with zero attached hydrogens (tertiary/aromatic N) is 1. The van der Waals surface area contributed by atoms with Gasteiger partial charge < -0.3 is 11.1 Å². The number of sulfone groups is 1. The number of nitrogens with two attached hydrogens (primary N) is 1. The highest BCUT2D eigenvalue weighted by atomic mass is 32.2. The van der Waals surface area contributed by atoms with E-state index in [0.29, 0.717) is 12.0 Å². The lowest BCUT2D eigenvalue weighted by atomic mass is 10.1. The van der Waals surface area contributed by atoms with Gasteiger partial charge in [0.2, 0.25) is 0 Å². The van der Waals surface area contributed by atoms with Crippen molar-refractivity contribution in [3.05, 3.63) is 33.4 Å². The Labute approximate surface area is 127 Å². The molecule has 0 unspecified atom stereocenters. The molecule has 22 heavy (non-hydrogen) atoms. The maximum atomic E-state index is 12.1. The molecule has 1 fully saturated rings. The lowest BCUT2D eigenvalue weighted by Gasteiger charge is -2.11. The van der Waals surface area contributed by atoms with Crippen LogP contribution in [0.25, 0.3) is 0 Å². The summed E-state index contributed by atoms with van der Waals surface area (Å²) in [6.45, 7) is 1.84. The molecular formula is C13H17N3O5S. The fraction of sp³-hybridized carbons (Fsp3) is 0.462. The molecule has 1 aromatic rings. The Morgan fingerprint density at radius 1 is 1.50 bits per heavy atom. The van der Waals surface area contributed by atoms with Crippen molar-refractivity contribution in [2.24, 2.45) is 5.92 Å². The number of benzene rings is 1. The Balaban J connectivity index is 2.12. The van der Waals surface area contributed by atoms with E-state index in [2.05, 4.69) is 5.32 Å². The SMILES string of the molecule is Cc1cc(C(=O)NC[C@H]2CCS(=O)(=O)C2)c(N)c([N+](=O)[O-])c1. The minimum atomic E-state index is -3.01. The molecule has 0 radical (unpaired) electrons. The second-order valence-electron chi connectivity index (χ2n) is 5.48. The molecule has 9 heteroatoms. The van der Waals surface area contributed by atoms with Crippen LogP contribution in [0.1, 0.15) is 22.3 Å². The summed E-state index contributed by atoms with van der Waals surface area (Å²) in [5.74, 6) is -0.481. The molecule has 1 saturated heterocycles. The Morgan fingerprint density at radius 3 is 2.73 bits per heavy atom. The molecule has 0 aliphatic carbocycles. The predicted octanol–water partition coefficient (Wildman–Crippen LogP) is 0.650. The minimum Gasteiger partial charge on any atom is -0.393 e. The quantitative estimate of drug-likeness (QED) is 0.474. The first kappa shape index (κ1) is 16.2. The van der Waals surface area contributed by atoms with Gasteiger partial charge in [0.25, 0.3) is 11.6 Å². The zero-order valence-corrected chi connectivity index (χ0v) is 12.9. The van der Waals surface area contributed by atoms with E-state index in [-0.39, 0.29) is 40.9 Å². The summed E-state index contributed by atoms with van der Waals surface area (Å²) < 4.78 is 22.7. The van der Waals surface area contributed by atoms with Crippen molar-refractivity contribution in [3.63, 3.8) is 0 Å². The van der Waals surface area contributed by atoms with Crippen LogP contribution in [0.2, 0.25) is 0 Å². The Morgan fingerprint density at radius 2 is 2.18 bits per heavy atom. The first-order valence-corrected chi connectivity index (χ1v) is 8.55. The van der Waals surface area contributed by atoms with E-state index in [1.807, 2.05) is 0 Å². The third kappa shape index (κ3) is 3.53. The molecule has 120 valence electrons. The summed E-state index contributed by atoms with van der Waals surface area (Å²) >= 11 is 0. The monoisotopic (exact) mass is 327 g/mol. The summed E-state index contributed by atoms with van der Waals surface area (Å²) in [5.41, 5.74) is 5.77. The molecular weight excluding hydrogens is 310 g/mol. The molecule has 1 amide bonds. The molecule has 3 N–H and O–H groups in total. The third-order valence-electron chi connectivity index (χ3n) is 3.62. The Bertz CT molecular complexity index is 729. The Hall–Kier alpha value is -2.16. The van der Waals surface area contributed by atoms with Gasteiger partial charge in [-0.05, 0) is 30.9 Å². The van der Waals surface area contributed by atoms with E-state index < -0.39 is 20.7 Å². The van der Waals surface area contributed by atoms with Crippen LogP contribution >= 0.6 is 0 Å². The van der Waals surface area contributed by atoms with E-state index in [1.54, 1.807) is 6.92 Å². The lowest BCUT2D eigenvalue weighted by Crippen LogP contribution is -2.30. The van der Waals surface area contributed by atoms with E-state index in [9.17, 15) is 23.3 Å². The number of hydrogen-bond acceptors (Lipinski definition) is 6. The normalized spacial score (nSPS) is 19.8. The summed E-state index contributed by atoms with van der Waals surface area (Å²) in [5, 5.41) is 13.5. The second kappa shape index (κ2) is 5.91. The van der Waals surface area contributed by atoms with Gasteiger partial charge in [-0.3, -0.25) is 14.9 Å². The fourth-order valence-electron chi connectivity index (χ4n) is 2.48. The number of rotatable bonds is 4. The summed E-state index contributed by atoms with van der Waals surface area (Å²) in [4.78, 5) is 22.4. The smallest absolute Gasteiger partial charge is 0.293 e. The van der Waals surface area contributed by atoms with E-state index in [1.165, 1.54) is 12.1 Å². The molecule has 1 atom stereocenters. The number of nitro benzene ring substituents is 1. The second-order valence-corrected chi connectivity index (χ2v) is 7.71. The highest BCUT2D eigenvalue weighted by Crippen LogP contribution is 2.27. The van der Waals surface area contributed by atoms with E-state index >= 15 is 0 Å². The van der Waals surface area contributed by atoms with Crippen LogP contribution in [0, 0.1) is 23.0 Å². The van der Waals surface area contributed by atoms with Crippen molar-refractivity contribution in [2.45, 2.75) is 13.3 Å². The number of carbonyl (C=O) groups is 1. The van der Waals surface area contributed by atoms with Gasteiger partial charge >= 0.3 is 0 Å². The van der Waals surface area contributed by atoms with Gasteiger partial charge in [-0.15, -0.1) is 0 Å². The van der Waals surface area contributed by atoms with E-state index in [4.69, 9.17) is 5.73 Å². The summed E-state index contributed by atoms with van der Waals surface area (Å²) in [6.07, 6.45) is 0.506. The number of nitro groups is 1. The number of anilines is 1. The zero-order valence-electron chi connectivity index (χ0n) is 12.0.